The van der Waals surface area contributed by atoms with Crippen molar-refractivity contribution in [2.45, 2.75) is 50.2 Å². The first-order chi connectivity index (χ1) is 13.4. The Morgan fingerprint density at radius 1 is 1.18 bits per heavy atom. The fourth-order valence-electron chi connectivity index (χ4n) is 3.53. The third-order valence-corrected chi connectivity index (χ3v) is 6.18. The average molecular weight is 399 g/mol. The Morgan fingerprint density at radius 3 is 2.54 bits per heavy atom. The summed E-state index contributed by atoms with van der Waals surface area (Å²) in [4.78, 5) is 2.47. The zero-order chi connectivity index (χ0) is 20.1. The van der Waals surface area contributed by atoms with Gasteiger partial charge in [-0.1, -0.05) is 30.7 Å². The van der Waals surface area contributed by atoms with Crippen molar-refractivity contribution in [3.63, 3.8) is 0 Å². The molecule has 0 bridgehead atoms. The van der Waals surface area contributed by atoms with E-state index < -0.39 is 10.0 Å². The van der Waals surface area contributed by atoms with E-state index in [0.717, 1.165) is 18.7 Å². The molecule has 1 unspecified atom stereocenters. The molecule has 1 saturated heterocycles. The molecule has 148 valence electrons. The van der Waals surface area contributed by atoms with Gasteiger partial charge in [-0.3, -0.25) is 4.90 Å². The van der Waals surface area contributed by atoms with Gasteiger partial charge in [0.05, 0.1) is 16.1 Å². The minimum Gasteiger partial charge on any atom is -0.380 e. The largest absolute Gasteiger partial charge is 0.380 e. The van der Waals surface area contributed by atoms with Crippen LogP contribution in [0.2, 0.25) is 0 Å². The summed E-state index contributed by atoms with van der Waals surface area (Å²) in [7, 11) is -3.82. The van der Waals surface area contributed by atoms with E-state index in [4.69, 9.17) is 5.14 Å². The Bertz CT molecular complexity index is 965. The molecule has 1 atom stereocenters. The number of anilines is 1. The van der Waals surface area contributed by atoms with Crippen molar-refractivity contribution in [1.82, 2.24) is 4.90 Å². The Morgan fingerprint density at radius 2 is 1.89 bits per heavy atom. The molecule has 3 rings (SSSR count). The zero-order valence-corrected chi connectivity index (χ0v) is 16.9. The average Bonchev–Trinajstić information content (AvgIpc) is 2.68. The molecule has 0 radical (unpaired) electrons. The van der Waals surface area contributed by atoms with Gasteiger partial charge in [0.15, 0.2) is 0 Å². The van der Waals surface area contributed by atoms with Crippen LogP contribution in [0.5, 0.6) is 0 Å². The topological polar surface area (TPSA) is 99.2 Å². The molecule has 7 heteroatoms. The minimum absolute atomic E-state index is 0.0640. The number of hydrogen-bond donors (Lipinski definition) is 2. The predicted octanol–water partition coefficient (Wildman–Crippen LogP) is 3.19. The van der Waals surface area contributed by atoms with Gasteiger partial charge >= 0.3 is 0 Å². The van der Waals surface area contributed by atoms with E-state index in [1.165, 1.54) is 37.0 Å². The Labute approximate surface area is 167 Å². The van der Waals surface area contributed by atoms with Crippen molar-refractivity contribution in [2.24, 2.45) is 5.14 Å². The highest BCUT2D eigenvalue weighted by atomic mass is 32.2. The minimum atomic E-state index is -3.82. The monoisotopic (exact) mass is 398 g/mol. The van der Waals surface area contributed by atoms with E-state index in [0.29, 0.717) is 18.3 Å². The molecular weight excluding hydrogens is 372 g/mol. The lowest BCUT2D eigenvalue weighted by atomic mass is 10.0. The summed E-state index contributed by atoms with van der Waals surface area (Å²) in [6.07, 6.45) is 3.87. The van der Waals surface area contributed by atoms with Crippen molar-refractivity contribution in [2.75, 3.05) is 11.9 Å². The number of nitrogens with one attached hydrogen (secondary N) is 1. The first-order valence-electron chi connectivity index (χ1n) is 9.49. The number of likely N-dealkylation sites (tertiary alicyclic amines) is 1. The normalized spacial score (nSPS) is 17.8. The molecule has 0 aromatic heterocycles. The number of nitriles is 1. The molecule has 0 amide bonds. The number of primary sulfonamides is 1. The van der Waals surface area contributed by atoms with Gasteiger partial charge in [-0.15, -0.1) is 0 Å². The molecule has 6 nitrogen and oxygen atoms in total. The predicted molar refractivity (Wildman–Crippen MR) is 110 cm³/mol. The summed E-state index contributed by atoms with van der Waals surface area (Å²) in [6, 6.07) is 15.4. The number of nitrogens with zero attached hydrogens (tertiary/aromatic N) is 2. The standard InChI is InChI=1S/C21H26N4O2S/c1-16-4-2-3-11-25(16)15-18-7-5-17(6-8-18)14-24-21-10-9-20(28(23,26)27)12-19(21)13-22/h5-10,12,16,24H,2-4,11,14-15H2,1H3,(H2,23,26,27). The van der Waals surface area contributed by atoms with Gasteiger partial charge in [0.1, 0.15) is 6.07 Å². The van der Waals surface area contributed by atoms with Gasteiger partial charge < -0.3 is 5.32 Å². The first kappa shape index (κ1) is 20.3. The zero-order valence-electron chi connectivity index (χ0n) is 16.1. The maximum absolute atomic E-state index is 11.4. The van der Waals surface area contributed by atoms with Gasteiger partial charge in [0, 0.05) is 19.1 Å². The number of piperidine rings is 1. The van der Waals surface area contributed by atoms with E-state index in [1.54, 1.807) is 6.07 Å². The second-order valence-corrected chi connectivity index (χ2v) is 8.91. The molecule has 2 aromatic carbocycles. The number of sulfonamides is 1. The van der Waals surface area contributed by atoms with Gasteiger partial charge in [0.2, 0.25) is 10.0 Å². The fraction of sp³-hybridized carbons (Fsp3) is 0.381. The number of hydrogen-bond acceptors (Lipinski definition) is 5. The number of benzene rings is 2. The SMILES string of the molecule is CC1CCCCN1Cc1ccc(CNc2ccc(S(N)(=O)=O)cc2C#N)cc1. The molecular formula is C21H26N4O2S. The second-order valence-electron chi connectivity index (χ2n) is 7.35. The van der Waals surface area contributed by atoms with E-state index in [-0.39, 0.29) is 10.5 Å². The molecule has 1 aliphatic heterocycles. The van der Waals surface area contributed by atoms with Gasteiger partial charge in [0.25, 0.3) is 0 Å². The van der Waals surface area contributed by atoms with Crippen LogP contribution in [0.25, 0.3) is 0 Å². The number of rotatable bonds is 6. The molecule has 1 heterocycles. The van der Waals surface area contributed by atoms with E-state index in [2.05, 4.69) is 41.4 Å². The van der Waals surface area contributed by atoms with E-state index >= 15 is 0 Å². The van der Waals surface area contributed by atoms with Crippen molar-refractivity contribution in [3.8, 4) is 6.07 Å². The Balaban J connectivity index is 1.63. The number of nitrogens with two attached hydrogens (primary N) is 1. The summed E-state index contributed by atoms with van der Waals surface area (Å²) in [5.41, 5.74) is 3.23. The van der Waals surface area contributed by atoms with Crippen LogP contribution in [-0.2, 0) is 23.1 Å². The maximum atomic E-state index is 11.4. The lowest BCUT2D eigenvalue weighted by Gasteiger charge is -2.33. The van der Waals surface area contributed by atoms with Crippen LogP contribution in [-0.4, -0.2) is 25.9 Å². The van der Waals surface area contributed by atoms with Crippen molar-refractivity contribution in [3.05, 3.63) is 59.2 Å². The van der Waals surface area contributed by atoms with Crippen LogP contribution in [0.15, 0.2) is 47.4 Å². The fourth-order valence-corrected chi connectivity index (χ4v) is 4.07. The van der Waals surface area contributed by atoms with E-state index in [9.17, 15) is 13.7 Å². The molecule has 28 heavy (non-hydrogen) atoms. The third kappa shape index (κ3) is 5.10. The van der Waals surface area contributed by atoms with E-state index in [1.807, 2.05) is 6.07 Å². The molecule has 1 aliphatic rings. The lowest BCUT2D eigenvalue weighted by Crippen LogP contribution is -2.36. The van der Waals surface area contributed by atoms with Crippen molar-refractivity contribution < 1.29 is 8.42 Å². The van der Waals surface area contributed by atoms with Crippen LogP contribution in [0.3, 0.4) is 0 Å². The summed E-state index contributed by atoms with van der Waals surface area (Å²) < 4.78 is 22.9. The van der Waals surface area contributed by atoms with Crippen molar-refractivity contribution >= 4 is 15.7 Å². The van der Waals surface area contributed by atoms with Crippen LogP contribution in [0, 0.1) is 11.3 Å². The summed E-state index contributed by atoms with van der Waals surface area (Å²) in [5, 5.41) is 17.6. The third-order valence-electron chi connectivity index (χ3n) is 5.27. The highest BCUT2D eigenvalue weighted by Gasteiger charge is 2.18. The van der Waals surface area contributed by atoms with Crippen molar-refractivity contribution in [1.29, 1.82) is 5.26 Å². The molecule has 1 fully saturated rings. The van der Waals surface area contributed by atoms with Crippen LogP contribution in [0.4, 0.5) is 5.69 Å². The molecule has 0 aliphatic carbocycles. The van der Waals surface area contributed by atoms with Crippen LogP contribution < -0.4 is 10.5 Å². The first-order valence-corrected chi connectivity index (χ1v) is 11.0. The highest BCUT2D eigenvalue weighted by Crippen LogP contribution is 2.21. The maximum Gasteiger partial charge on any atom is 0.238 e. The summed E-state index contributed by atoms with van der Waals surface area (Å²) in [6.45, 7) is 4.98. The lowest BCUT2D eigenvalue weighted by molar-refractivity contribution is 0.152. The summed E-state index contributed by atoms with van der Waals surface area (Å²) >= 11 is 0. The molecule has 0 spiro atoms. The summed E-state index contributed by atoms with van der Waals surface area (Å²) in [5.74, 6) is 0. The smallest absolute Gasteiger partial charge is 0.238 e. The van der Waals surface area contributed by atoms with Gasteiger partial charge in [-0.05, 0) is 55.6 Å². The second kappa shape index (κ2) is 8.74. The Kier molecular flexibility index (Phi) is 6.35. The molecule has 3 N–H and O–H groups in total. The van der Waals surface area contributed by atoms with Crippen LogP contribution in [0.1, 0.15) is 42.9 Å². The quantitative estimate of drug-likeness (QED) is 0.778. The van der Waals surface area contributed by atoms with Gasteiger partial charge in [-0.2, -0.15) is 5.26 Å². The molecule has 2 aromatic rings. The highest BCUT2D eigenvalue weighted by molar-refractivity contribution is 7.89. The molecule has 0 saturated carbocycles. The van der Waals surface area contributed by atoms with Gasteiger partial charge in [-0.25, -0.2) is 13.6 Å². The van der Waals surface area contributed by atoms with Crippen LogP contribution >= 0.6 is 0 Å². The Hall–Kier alpha value is -2.40.